The Morgan fingerprint density at radius 3 is 2.67 bits per heavy atom. The second kappa shape index (κ2) is 9.59. The van der Waals surface area contributed by atoms with Crippen LogP contribution in [0.3, 0.4) is 0 Å². The van der Waals surface area contributed by atoms with Gasteiger partial charge in [0.1, 0.15) is 23.8 Å². The van der Waals surface area contributed by atoms with Crippen molar-refractivity contribution in [3.8, 4) is 5.75 Å². The SMILES string of the molecule is C=CCOc1ccc(COC(C2CC(O)C3N=C(N(C)C)SC3O2)C(F)(F)F)cc1. The standard InChI is InChI=1S/C20H25F3N2O4S/c1-4-9-27-13-7-5-12(6-8-13)11-28-17(20(21,22)23)15-10-14(26)16-18(29-15)30-19(24-16)25(2)3/h4-8,14-18,26H,1,9-11H2,2-3H3. The van der Waals surface area contributed by atoms with Crippen LogP contribution in [0.4, 0.5) is 13.2 Å². The fraction of sp³-hybridized carbons (Fsp3) is 0.550. The van der Waals surface area contributed by atoms with Gasteiger partial charge >= 0.3 is 6.18 Å². The summed E-state index contributed by atoms with van der Waals surface area (Å²) in [7, 11) is 3.56. The minimum atomic E-state index is -4.64. The molecular weight excluding hydrogens is 421 g/mol. The molecule has 0 spiro atoms. The number of hydrogen-bond acceptors (Lipinski definition) is 7. The van der Waals surface area contributed by atoms with E-state index in [0.717, 1.165) is 0 Å². The van der Waals surface area contributed by atoms with Crippen LogP contribution in [-0.2, 0) is 16.1 Å². The molecule has 0 bridgehead atoms. The van der Waals surface area contributed by atoms with Crippen molar-refractivity contribution in [2.45, 2.75) is 49.0 Å². The molecule has 0 aromatic heterocycles. The Balaban J connectivity index is 1.65. The van der Waals surface area contributed by atoms with E-state index >= 15 is 0 Å². The number of aliphatic hydroxyl groups is 1. The number of aliphatic imine (C=N–C) groups is 1. The molecule has 30 heavy (non-hydrogen) atoms. The van der Waals surface area contributed by atoms with Gasteiger partial charge in [-0.05, 0) is 17.7 Å². The number of halogens is 3. The Kier molecular flexibility index (Phi) is 7.33. The summed E-state index contributed by atoms with van der Waals surface area (Å²) in [5, 5.41) is 11.0. The number of rotatable bonds is 7. The maximum absolute atomic E-state index is 13.7. The lowest BCUT2D eigenvalue weighted by atomic mass is 9.97. The number of amidine groups is 1. The normalized spacial score (nSPS) is 27.2. The van der Waals surface area contributed by atoms with Gasteiger partial charge in [0.2, 0.25) is 0 Å². The fourth-order valence-electron chi connectivity index (χ4n) is 3.22. The molecule has 2 heterocycles. The van der Waals surface area contributed by atoms with E-state index in [1.165, 1.54) is 11.8 Å². The first-order chi connectivity index (χ1) is 14.2. The van der Waals surface area contributed by atoms with E-state index in [4.69, 9.17) is 14.2 Å². The van der Waals surface area contributed by atoms with E-state index in [1.807, 2.05) is 0 Å². The van der Waals surface area contributed by atoms with Crippen LogP contribution >= 0.6 is 11.8 Å². The lowest BCUT2D eigenvalue weighted by Crippen LogP contribution is -2.53. The van der Waals surface area contributed by atoms with Crippen LogP contribution in [0.5, 0.6) is 5.75 Å². The summed E-state index contributed by atoms with van der Waals surface area (Å²) < 4.78 is 57.5. The quantitative estimate of drug-likeness (QED) is 0.649. The Hall–Kier alpha value is -1.75. The monoisotopic (exact) mass is 446 g/mol. The number of alkyl halides is 3. The predicted octanol–water partition coefficient (Wildman–Crippen LogP) is 3.21. The van der Waals surface area contributed by atoms with Crippen LogP contribution in [-0.4, -0.2) is 71.8 Å². The molecule has 1 saturated heterocycles. The number of fused-ring (bicyclic) bond motifs is 1. The van der Waals surface area contributed by atoms with Crippen molar-refractivity contribution in [3.63, 3.8) is 0 Å². The van der Waals surface area contributed by atoms with Gasteiger partial charge in [-0.1, -0.05) is 36.5 Å². The van der Waals surface area contributed by atoms with Gasteiger partial charge in [-0.15, -0.1) is 0 Å². The molecule has 1 N–H and O–H groups in total. The zero-order valence-corrected chi connectivity index (χ0v) is 17.5. The largest absolute Gasteiger partial charge is 0.490 e. The maximum Gasteiger partial charge on any atom is 0.417 e. The van der Waals surface area contributed by atoms with Gasteiger partial charge in [0.25, 0.3) is 0 Å². The van der Waals surface area contributed by atoms with E-state index < -0.39 is 36.0 Å². The summed E-state index contributed by atoms with van der Waals surface area (Å²) in [6, 6.07) is 6.02. The van der Waals surface area contributed by atoms with Crippen molar-refractivity contribution in [2.24, 2.45) is 4.99 Å². The summed E-state index contributed by atoms with van der Waals surface area (Å²) in [5.74, 6) is 0.589. The van der Waals surface area contributed by atoms with Crippen LogP contribution in [0.2, 0.25) is 0 Å². The molecule has 166 valence electrons. The molecule has 5 unspecified atom stereocenters. The topological polar surface area (TPSA) is 63.5 Å². The Bertz CT molecular complexity index is 757. The van der Waals surface area contributed by atoms with E-state index in [-0.39, 0.29) is 13.0 Å². The first kappa shape index (κ1) is 22.9. The van der Waals surface area contributed by atoms with Crippen LogP contribution in [0.15, 0.2) is 41.9 Å². The molecule has 3 rings (SSSR count). The number of benzene rings is 1. The molecule has 2 aliphatic heterocycles. The molecule has 6 nitrogen and oxygen atoms in total. The zero-order valence-electron chi connectivity index (χ0n) is 16.7. The van der Waals surface area contributed by atoms with Crippen molar-refractivity contribution >= 4 is 16.9 Å². The van der Waals surface area contributed by atoms with Crippen molar-refractivity contribution < 1.29 is 32.5 Å². The molecule has 0 saturated carbocycles. The third-order valence-electron chi connectivity index (χ3n) is 4.70. The Morgan fingerprint density at radius 2 is 2.07 bits per heavy atom. The van der Waals surface area contributed by atoms with Gasteiger partial charge in [0.15, 0.2) is 11.3 Å². The molecule has 1 aromatic carbocycles. The molecule has 0 aliphatic carbocycles. The maximum atomic E-state index is 13.7. The van der Waals surface area contributed by atoms with Crippen molar-refractivity contribution in [2.75, 3.05) is 20.7 Å². The number of ether oxygens (including phenoxy) is 3. The first-order valence-electron chi connectivity index (χ1n) is 9.45. The van der Waals surface area contributed by atoms with Crippen LogP contribution in [0.1, 0.15) is 12.0 Å². The number of aliphatic hydroxyl groups excluding tert-OH is 1. The number of thioether (sulfide) groups is 1. The van der Waals surface area contributed by atoms with Gasteiger partial charge < -0.3 is 24.2 Å². The summed E-state index contributed by atoms with van der Waals surface area (Å²) in [6.45, 7) is 3.65. The molecule has 5 atom stereocenters. The summed E-state index contributed by atoms with van der Waals surface area (Å²) in [5.41, 5.74) is -0.108. The van der Waals surface area contributed by atoms with Gasteiger partial charge in [-0.3, -0.25) is 4.99 Å². The first-order valence-corrected chi connectivity index (χ1v) is 10.3. The second-order valence-corrected chi connectivity index (χ2v) is 8.34. The lowest BCUT2D eigenvalue weighted by Gasteiger charge is -2.38. The van der Waals surface area contributed by atoms with Crippen LogP contribution in [0.25, 0.3) is 0 Å². The molecule has 2 aliphatic rings. The molecule has 1 fully saturated rings. The minimum absolute atomic E-state index is 0.204. The van der Waals surface area contributed by atoms with Crippen LogP contribution in [0, 0.1) is 0 Å². The van der Waals surface area contributed by atoms with Gasteiger partial charge in [-0.2, -0.15) is 13.2 Å². The van der Waals surface area contributed by atoms with Gasteiger partial charge in [0.05, 0.1) is 18.8 Å². The zero-order chi connectivity index (χ0) is 21.9. The Morgan fingerprint density at radius 1 is 1.37 bits per heavy atom. The molecular formula is C20H25F3N2O4S. The molecule has 0 amide bonds. The molecule has 0 radical (unpaired) electrons. The van der Waals surface area contributed by atoms with E-state index in [2.05, 4.69) is 11.6 Å². The van der Waals surface area contributed by atoms with Crippen LogP contribution < -0.4 is 4.74 Å². The van der Waals surface area contributed by atoms with Gasteiger partial charge in [0, 0.05) is 20.5 Å². The Labute approximate surface area is 177 Å². The van der Waals surface area contributed by atoms with Crippen molar-refractivity contribution in [3.05, 3.63) is 42.5 Å². The number of nitrogens with zero attached hydrogens (tertiary/aromatic N) is 2. The van der Waals surface area contributed by atoms with Crippen molar-refractivity contribution in [1.29, 1.82) is 0 Å². The molecule has 1 aromatic rings. The van der Waals surface area contributed by atoms with E-state index in [0.29, 0.717) is 23.1 Å². The predicted molar refractivity (Wildman–Crippen MR) is 109 cm³/mol. The minimum Gasteiger partial charge on any atom is -0.490 e. The fourth-order valence-corrected chi connectivity index (χ4v) is 4.41. The average molecular weight is 446 g/mol. The summed E-state index contributed by atoms with van der Waals surface area (Å²) in [6.07, 6.45) is -7.75. The highest BCUT2D eigenvalue weighted by molar-refractivity contribution is 8.14. The van der Waals surface area contributed by atoms with E-state index in [9.17, 15) is 18.3 Å². The summed E-state index contributed by atoms with van der Waals surface area (Å²) >= 11 is 1.21. The lowest BCUT2D eigenvalue weighted by molar-refractivity contribution is -0.267. The highest BCUT2D eigenvalue weighted by Crippen LogP contribution is 2.40. The number of hydrogen-bond donors (Lipinski definition) is 1. The van der Waals surface area contributed by atoms with E-state index in [1.54, 1.807) is 49.3 Å². The highest BCUT2D eigenvalue weighted by Gasteiger charge is 2.53. The van der Waals surface area contributed by atoms with Gasteiger partial charge in [-0.25, -0.2) is 0 Å². The summed E-state index contributed by atoms with van der Waals surface area (Å²) in [4.78, 5) is 6.10. The van der Waals surface area contributed by atoms with Crippen molar-refractivity contribution in [1.82, 2.24) is 4.90 Å². The third kappa shape index (κ3) is 5.48. The smallest absolute Gasteiger partial charge is 0.417 e. The third-order valence-corrected chi connectivity index (χ3v) is 6.00. The molecule has 10 heteroatoms. The second-order valence-electron chi connectivity index (χ2n) is 7.28. The highest BCUT2D eigenvalue weighted by atomic mass is 32.2. The average Bonchev–Trinajstić information content (AvgIpc) is 3.12.